The molecule has 1 aromatic heterocycles. The summed E-state index contributed by atoms with van der Waals surface area (Å²) in [6, 6.07) is 4.31. The molecule has 0 saturated carbocycles. The minimum Gasteiger partial charge on any atom is -0.314 e. The minimum atomic E-state index is -3.65. The second-order valence-electron chi connectivity index (χ2n) is 5.54. The van der Waals surface area contributed by atoms with Gasteiger partial charge in [0.25, 0.3) is 5.56 Å². The van der Waals surface area contributed by atoms with Gasteiger partial charge in [-0.15, -0.1) is 0 Å². The Labute approximate surface area is 133 Å². The molecule has 1 aliphatic heterocycles. The van der Waals surface area contributed by atoms with Crippen molar-refractivity contribution in [3.8, 4) is 0 Å². The van der Waals surface area contributed by atoms with Crippen LogP contribution in [0.5, 0.6) is 0 Å². The third-order valence-electron chi connectivity index (χ3n) is 4.15. The zero-order chi connectivity index (χ0) is 16.8. The number of benzene rings is 1. The number of nitrogens with one attached hydrogen (secondary N) is 1. The second kappa shape index (κ2) is 5.59. The highest BCUT2D eigenvalue weighted by atomic mass is 32.2. The molecule has 3 rings (SSSR count). The van der Waals surface area contributed by atoms with Gasteiger partial charge in [-0.1, -0.05) is 0 Å². The zero-order valence-electron chi connectivity index (χ0n) is 12.9. The van der Waals surface area contributed by atoms with Crippen molar-refractivity contribution in [1.82, 2.24) is 18.8 Å². The maximum atomic E-state index is 12.7. The molecule has 0 amide bonds. The van der Waals surface area contributed by atoms with Gasteiger partial charge in [0.05, 0.1) is 15.8 Å². The van der Waals surface area contributed by atoms with E-state index < -0.39 is 21.3 Å². The van der Waals surface area contributed by atoms with Gasteiger partial charge in [0, 0.05) is 40.3 Å². The highest BCUT2D eigenvalue weighted by Crippen LogP contribution is 2.19. The number of rotatable bonds is 2. The Balaban J connectivity index is 2.21. The first-order chi connectivity index (χ1) is 10.8. The highest BCUT2D eigenvalue weighted by molar-refractivity contribution is 7.89. The highest BCUT2D eigenvalue weighted by Gasteiger charge is 2.26. The summed E-state index contributed by atoms with van der Waals surface area (Å²) in [5.41, 5.74) is -0.530. The van der Waals surface area contributed by atoms with Crippen molar-refractivity contribution >= 4 is 20.9 Å². The molecular formula is C14H18N4O4S. The maximum absolute atomic E-state index is 12.7. The summed E-state index contributed by atoms with van der Waals surface area (Å²) in [5.74, 6) is 0. The fraction of sp³-hybridized carbons (Fsp3) is 0.429. The molecule has 1 saturated heterocycles. The summed E-state index contributed by atoms with van der Waals surface area (Å²) >= 11 is 0. The average molecular weight is 338 g/mol. The molecule has 2 aromatic rings. The first-order valence-electron chi connectivity index (χ1n) is 7.24. The summed E-state index contributed by atoms with van der Waals surface area (Å²) in [7, 11) is -0.722. The van der Waals surface area contributed by atoms with E-state index in [0.717, 1.165) is 4.57 Å². The normalized spacial score (nSPS) is 16.8. The molecule has 2 heterocycles. The molecule has 124 valence electrons. The van der Waals surface area contributed by atoms with Crippen LogP contribution in [-0.2, 0) is 24.1 Å². The Morgan fingerprint density at radius 3 is 2.35 bits per heavy atom. The third kappa shape index (κ3) is 2.50. The van der Waals surface area contributed by atoms with Crippen LogP contribution >= 0.6 is 0 Å². The number of nitrogens with zero attached hydrogens (tertiary/aromatic N) is 3. The van der Waals surface area contributed by atoms with Crippen molar-refractivity contribution in [2.24, 2.45) is 14.1 Å². The summed E-state index contributed by atoms with van der Waals surface area (Å²) in [6.07, 6.45) is 0. The van der Waals surface area contributed by atoms with E-state index in [1.165, 1.54) is 34.1 Å². The molecule has 1 aliphatic rings. The summed E-state index contributed by atoms with van der Waals surface area (Å²) in [6.45, 7) is 1.99. The van der Waals surface area contributed by atoms with Crippen molar-refractivity contribution < 1.29 is 8.42 Å². The lowest BCUT2D eigenvalue weighted by molar-refractivity contribution is 0.360. The number of sulfonamides is 1. The first kappa shape index (κ1) is 15.9. The van der Waals surface area contributed by atoms with E-state index in [0.29, 0.717) is 31.7 Å². The molecular weight excluding hydrogens is 320 g/mol. The van der Waals surface area contributed by atoms with Gasteiger partial charge in [0.2, 0.25) is 10.0 Å². The Kier molecular flexibility index (Phi) is 3.86. The van der Waals surface area contributed by atoms with E-state index in [1.807, 2.05) is 0 Å². The van der Waals surface area contributed by atoms with Crippen LogP contribution in [0.25, 0.3) is 10.9 Å². The summed E-state index contributed by atoms with van der Waals surface area (Å²) in [5, 5.41) is 3.31. The molecule has 8 nitrogen and oxygen atoms in total. The van der Waals surface area contributed by atoms with Gasteiger partial charge in [-0.05, 0) is 18.2 Å². The van der Waals surface area contributed by atoms with Gasteiger partial charge in [0.15, 0.2) is 0 Å². The van der Waals surface area contributed by atoms with Gasteiger partial charge < -0.3 is 5.32 Å². The second-order valence-corrected chi connectivity index (χ2v) is 7.48. The molecule has 9 heteroatoms. The van der Waals surface area contributed by atoms with E-state index in [-0.39, 0.29) is 10.3 Å². The Bertz CT molecular complexity index is 984. The Morgan fingerprint density at radius 2 is 1.70 bits per heavy atom. The van der Waals surface area contributed by atoms with E-state index in [1.54, 1.807) is 7.05 Å². The van der Waals surface area contributed by atoms with Crippen LogP contribution in [0, 0.1) is 0 Å². The van der Waals surface area contributed by atoms with Gasteiger partial charge >= 0.3 is 5.69 Å². The fourth-order valence-corrected chi connectivity index (χ4v) is 4.24. The summed E-state index contributed by atoms with van der Waals surface area (Å²) < 4.78 is 29.1. The van der Waals surface area contributed by atoms with Crippen molar-refractivity contribution in [3.63, 3.8) is 0 Å². The van der Waals surface area contributed by atoms with Crippen LogP contribution in [0.1, 0.15) is 0 Å². The van der Waals surface area contributed by atoms with Crippen molar-refractivity contribution in [2.75, 3.05) is 26.2 Å². The standard InChI is InChI=1S/C14H18N4O4S/c1-16-12-4-3-10(9-11(12)13(19)17(2)14(16)20)23(21,22)18-7-5-15-6-8-18/h3-4,9,15H,5-8H2,1-2H3. The Hall–Kier alpha value is -1.97. The lowest BCUT2D eigenvalue weighted by Crippen LogP contribution is -2.46. The largest absolute Gasteiger partial charge is 0.330 e. The van der Waals surface area contributed by atoms with Gasteiger partial charge in [0.1, 0.15) is 0 Å². The third-order valence-corrected chi connectivity index (χ3v) is 6.05. The predicted octanol–water partition coefficient (Wildman–Crippen LogP) is -1.17. The number of fused-ring (bicyclic) bond motifs is 1. The van der Waals surface area contributed by atoms with E-state index in [9.17, 15) is 18.0 Å². The van der Waals surface area contributed by atoms with Gasteiger partial charge in [-0.2, -0.15) is 4.31 Å². The summed E-state index contributed by atoms with van der Waals surface area (Å²) in [4.78, 5) is 24.3. The minimum absolute atomic E-state index is 0.0719. The fourth-order valence-electron chi connectivity index (χ4n) is 2.77. The molecule has 1 fully saturated rings. The van der Waals surface area contributed by atoms with Crippen molar-refractivity contribution in [2.45, 2.75) is 4.90 Å². The number of aryl methyl sites for hydroxylation is 1. The van der Waals surface area contributed by atoms with Crippen molar-refractivity contribution in [1.29, 1.82) is 0 Å². The van der Waals surface area contributed by atoms with E-state index in [2.05, 4.69) is 5.32 Å². The number of hydrogen-bond donors (Lipinski definition) is 1. The molecule has 0 aliphatic carbocycles. The molecule has 1 aromatic carbocycles. The zero-order valence-corrected chi connectivity index (χ0v) is 13.8. The van der Waals surface area contributed by atoms with Crippen LogP contribution in [0.4, 0.5) is 0 Å². The quantitative estimate of drug-likeness (QED) is 0.745. The number of piperazine rings is 1. The molecule has 0 atom stereocenters. The van der Waals surface area contributed by atoms with Crippen LogP contribution in [0.2, 0.25) is 0 Å². The van der Waals surface area contributed by atoms with Crippen molar-refractivity contribution in [3.05, 3.63) is 39.0 Å². The van der Waals surface area contributed by atoms with Crippen LogP contribution < -0.4 is 16.6 Å². The number of aromatic nitrogens is 2. The lowest BCUT2D eigenvalue weighted by atomic mass is 10.2. The van der Waals surface area contributed by atoms with Crippen LogP contribution in [0.3, 0.4) is 0 Å². The van der Waals surface area contributed by atoms with Crippen LogP contribution in [-0.4, -0.2) is 48.0 Å². The van der Waals surface area contributed by atoms with E-state index in [4.69, 9.17) is 0 Å². The van der Waals surface area contributed by atoms with Crippen LogP contribution in [0.15, 0.2) is 32.7 Å². The molecule has 0 spiro atoms. The lowest BCUT2D eigenvalue weighted by Gasteiger charge is -2.26. The topological polar surface area (TPSA) is 93.4 Å². The van der Waals surface area contributed by atoms with Gasteiger partial charge in [-0.25, -0.2) is 13.2 Å². The molecule has 1 N–H and O–H groups in total. The molecule has 0 bridgehead atoms. The SMILES string of the molecule is Cn1c(=O)c2cc(S(=O)(=O)N3CCNCC3)ccc2n(C)c1=O. The molecule has 0 radical (unpaired) electrons. The first-order valence-corrected chi connectivity index (χ1v) is 8.68. The monoisotopic (exact) mass is 338 g/mol. The Morgan fingerprint density at radius 1 is 1.04 bits per heavy atom. The van der Waals surface area contributed by atoms with E-state index >= 15 is 0 Å². The molecule has 23 heavy (non-hydrogen) atoms. The molecule has 0 unspecified atom stereocenters. The maximum Gasteiger partial charge on any atom is 0.330 e. The smallest absolute Gasteiger partial charge is 0.314 e. The number of hydrogen-bond acceptors (Lipinski definition) is 5. The average Bonchev–Trinajstić information content (AvgIpc) is 2.58. The van der Waals surface area contributed by atoms with Gasteiger partial charge in [-0.3, -0.25) is 13.9 Å². The predicted molar refractivity (Wildman–Crippen MR) is 86.1 cm³/mol.